The number of carbonyl (C=O) groups is 2. The lowest BCUT2D eigenvalue weighted by Gasteiger charge is -2.14. The normalized spacial score (nSPS) is 11.3. The molecule has 1 amide bonds. The molecule has 1 aromatic carbocycles. The number of nitrogens with one attached hydrogen (secondary N) is 1. The Balaban J connectivity index is 2.02. The maximum Gasteiger partial charge on any atom is 0.359 e. The first-order chi connectivity index (χ1) is 11.9. The number of esters is 1. The molecule has 2 rings (SSSR count). The second kappa shape index (κ2) is 8.46. The van der Waals surface area contributed by atoms with E-state index in [-0.39, 0.29) is 10.7 Å². The molecule has 0 saturated carbocycles. The summed E-state index contributed by atoms with van der Waals surface area (Å²) in [5.41, 5.74) is 0.858. The maximum atomic E-state index is 12.2. The number of thioether (sulfide) groups is 1. The number of amides is 1. The summed E-state index contributed by atoms with van der Waals surface area (Å²) in [5.74, 6) is -1.33. The van der Waals surface area contributed by atoms with Gasteiger partial charge in [-0.3, -0.25) is 4.79 Å². The third-order valence-electron chi connectivity index (χ3n) is 3.03. The summed E-state index contributed by atoms with van der Waals surface area (Å²) in [6.07, 6.45) is 2.00. The van der Waals surface area contributed by atoms with Crippen LogP contribution in [0.25, 0.3) is 0 Å². The minimum Gasteiger partial charge on any atom is -0.448 e. The third kappa shape index (κ3) is 4.92. The van der Waals surface area contributed by atoms with E-state index in [0.29, 0.717) is 16.4 Å². The molecule has 7 nitrogen and oxygen atoms in total. The number of nitriles is 1. The molecule has 1 unspecified atom stereocenters. The van der Waals surface area contributed by atoms with E-state index in [1.807, 2.05) is 6.07 Å². The second-order valence-electron chi connectivity index (χ2n) is 4.78. The number of carbonyl (C=O) groups excluding carboxylic acids is 2. The highest BCUT2D eigenvalue weighted by molar-refractivity contribution is 7.98. The van der Waals surface area contributed by atoms with E-state index in [1.54, 1.807) is 30.5 Å². The first kappa shape index (κ1) is 18.7. The molecule has 25 heavy (non-hydrogen) atoms. The van der Waals surface area contributed by atoms with Crippen LogP contribution in [-0.4, -0.2) is 34.2 Å². The van der Waals surface area contributed by atoms with Gasteiger partial charge in [-0.25, -0.2) is 14.8 Å². The molecule has 0 radical (unpaired) electrons. The van der Waals surface area contributed by atoms with Gasteiger partial charge < -0.3 is 10.1 Å². The molecule has 0 saturated heterocycles. The van der Waals surface area contributed by atoms with E-state index in [2.05, 4.69) is 15.3 Å². The van der Waals surface area contributed by atoms with Gasteiger partial charge in [0.25, 0.3) is 5.91 Å². The molecule has 1 N–H and O–H groups in total. The molecule has 1 aromatic heterocycles. The molecular formula is C16H13ClN4O3S. The fraction of sp³-hybridized carbons (Fsp3) is 0.188. The molecule has 1 atom stereocenters. The van der Waals surface area contributed by atoms with Crippen LogP contribution in [-0.2, 0) is 9.53 Å². The molecule has 9 heteroatoms. The monoisotopic (exact) mass is 376 g/mol. The first-order valence-corrected chi connectivity index (χ1v) is 8.63. The summed E-state index contributed by atoms with van der Waals surface area (Å²) in [6, 6.07) is 8.27. The number of halogens is 1. The van der Waals surface area contributed by atoms with Crippen molar-refractivity contribution in [1.82, 2.24) is 9.97 Å². The van der Waals surface area contributed by atoms with Gasteiger partial charge in [0.15, 0.2) is 17.0 Å². The van der Waals surface area contributed by atoms with Crippen LogP contribution in [0.5, 0.6) is 0 Å². The molecule has 2 aromatic rings. The zero-order chi connectivity index (χ0) is 18.4. The summed E-state index contributed by atoms with van der Waals surface area (Å²) < 4.78 is 5.11. The largest absolute Gasteiger partial charge is 0.448 e. The number of ether oxygens (including phenoxy) is 1. The summed E-state index contributed by atoms with van der Waals surface area (Å²) in [7, 11) is 0. The highest BCUT2D eigenvalue weighted by Gasteiger charge is 2.22. The van der Waals surface area contributed by atoms with E-state index in [0.717, 1.165) is 0 Å². The smallest absolute Gasteiger partial charge is 0.359 e. The molecule has 0 aliphatic carbocycles. The molecule has 0 aliphatic rings. The Labute approximate surface area is 153 Å². The zero-order valence-electron chi connectivity index (χ0n) is 13.3. The van der Waals surface area contributed by atoms with E-state index >= 15 is 0 Å². The van der Waals surface area contributed by atoms with Crippen molar-refractivity contribution in [2.45, 2.75) is 18.2 Å². The van der Waals surface area contributed by atoms with E-state index in [9.17, 15) is 9.59 Å². The summed E-state index contributed by atoms with van der Waals surface area (Å²) in [6.45, 7) is 1.43. The second-order valence-corrected chi connectivity index (χ2v) is 5.96. The van der Waals surface area contributed by atoms with E-state index < -0.39 is 18.0 Å². The fourth-order valence-electron chi connectivity index (χ4n) is 1.73. The molecule has 0 spiro atoms. The van der Waals surface area contributed by atoms with Crippen molar-refractivity contribution in [3.8, 4) is 6.07 Å². The Morgan fingerprint density at radius 1 is 1.36 bits per heavy atom. The number of hydrogen-bond donors (Lipinski definition) is 1. The van der Waals surface area contributed by atoms with Crippen LogP contribution in [0.15, 0.2) is 35.6 Å². The van der Waals surface area contributed by atoms with Gasteiger partial charge >= 0.3 is 5.97 Å². The van der Waals surface area contributed by atoms with Crippen molar-refractivity contribution in [2.75, 3.05) is 11.6 Å². The molecule has 0 fully saturated rings. The number of nitrogens with zero attached hydrogens (tertiary/aromatic N) is 3. The van der Waals surface area contributed by atoms with Crippen molar-refractivity contribution in [2.24, 2.45) is 0 Å². The average molecular weight is 377 g/mol. The van der Waals surface area contributed by atoms with Gasteiger partial charge in [-0.1, -0.05) is 23.4 Å². The van der Waals surface area contributed by atoms with E-state index in [1.165, 1.54) is 24.9 Å². The fourth-order valence-corrected chi connectivity index (χ4v) is 2.24. The summed E-state index contributed by atoms with van der Waals surface area (Å²) in [4.78, 5) is 32.2. The Morgan fingerprint density at radius 2 is 2.04 bits per heavy atom. The van der Waals surface area contributed by atoms with E-state index in [4.69, 9.17) is 21.6 Å². The molecule has 128 valence electrons. The van der Waals surface area contributed by atoms with Gasteiger partial charge in [0.05, 0.1) is 22.9 Å². The topological polar surface area (TPSA) is 105 Å². The van der Waals surface area contributed by atoms with Crippen molar-refractivity contribution in [1.29, 1.82) is 5.26 Å². The van der Waals surface area contributed by atoms with Gasteiger partial charge in [-0.05, 0) is 37.4 Å². The van der Waals surface area contributed by atoms with Gasteiger partial charge in [0.2, 0.25) is 0 Å². The lowest BCUT2D eigenvalue weighted by atomic mass is 10.2. The van der Waals surface area contributed by atoms with Gasteiger partial charge in [0, 0.05) is 5.69 Å². The number of rotatable bonds is 5. The van der Waals surface area contributed by atoms with Crippen LogP contribution >= 0.6 is 23.4 Å². The number of hydrogen-bond acceptors (Lipinski definition) is 7. The lowest BCUT2D eigenvalue weighted by Crippen LogP contribution is -2.30. The molecule has 1 heterocycles. The summed E-state index contributed by atoms with van der Waals surface area (Å²) in [5, 5.41) is 11.8. The van der Waals surface area contributed by atoms with Gasteiger partial charge in [-0.15, -0.1) is 0 Å². The van der Waals surface area contributed by atoms with Crippen molar-refractivity contribution >= 4 is 40.9 Å². The predicted molar refractivity (Wildman–Crippen MR) is 93.5 cm³/mol. The standard InChI is InChI=1S/C16H13ClN4O3S/c1-9(14(22)20-11-5-3-10(7-18)4-6-11)24-15(23)13-12(17)8-19-16(21-13)25-2/h3-6,8-9H,1-2H3,(H,20,22). The minimum absolute atomic E-state index is 0.0440. The Bertz CT molecular complexity index is 836. The van der Waals surface area contributed by atoms with Crippen molar-refractivity contribution in [3.05, 3.63) is 46.7 Å². The predicted octanol–water partition coefficient (Wildman–Crippen LogP) is 2.91. The first-order valence-electron chi connectivity index (χ1n) is 7.03. The number of anilines is 1. The van der Waals surface area contributed by atoms with Crippen molar-refractivity contribution < 1.29 is 14.3 Å². The summed E-state index contributed by atoms with van der Waals surface area (Å²) >= 11 is 7.16. The van der Waals surface area contributed by atoms with Crippen LogP contribution in [0.4, 0.5) is 5.69 Å². The minimum atomic E-state index is -1.06. The number of benzene rings is 1. The quantitative estimate of drug-likeness (QED) is 0.486. The van der Waals surface area contributed by atoms with Crippen LogP contribution in [0.1, 0.15) is 23.0 Å². The Morgan fingerprint density at radius 3 is 2.64 bits per heavy atom. The maximum absolute atomic E-state index is 12.2. The third-order valence-corrected chi connectivity index (χ3v) is 3.87. The highest BCUT2D eigenvalue weighted by Crippen LogP contribution is 2.18. The van der Waals surface area contributed by atoms with Crippen molar-refractivity contribution in [3.63, 3.8) is 0 Å². The molecule has 0 bridgehead atoms. The van der Waals surface area contributed by atoms with Gasteiger partial charge in [0.1, 0.15) is 0 Å². The number of aromatic nitrogens is 2. The Hall–Kier alpha value is -2.63. The van der Waals surface area contributed by atoms with Crippen LogP contribution in [0.3, 0.4) is 0 Å². The lowest BCUT2D eigenvalue weighted by molar-refractivity contribution is -0.123. The van der Waals surface area contributed by atoms with Gasteiger partial charge in [-0.2, -0.15) is 5.26 Å². The zero-order valence-corrected chi connectivity index (χ0v) is 14.9. The molecular weight excluding hydrogens is 364 g/mol. The SMILES string of the molecule is CSc1ncc(Cl)c(C(=O)OC(C)C(=O)Nc2ccc(C#N)cc2)n1. The molecule has 0 aliphatic heterocycles. The Kier molecular flexibility index (Phi) is 6.33. The highest BCUT2D eigenvalue weighted by atomic mass is 35.5. The van der Waals surface area contributed by atoms with Crippen LogP contribution in [0, 0.1) is 11.3 Å². The average Bonchev–Trinajstić information content (AvgIpc) is 2.62. The van der Waals surface area contributed by atoms with Crippen LogP contribution < -0.4 is 5.32 Å². The van der Waals surface area contributed by atoms with Crippen LogP contribution in [0.2, 0.25) is 5.02 Å².